The van der Waals surface area contributed by atoms with E-state index in [1.165, 1.54) is 43.4 Å². The summed E-state index contributed by atoms with van der Waals surface area (Å²) < 4.78 is 30.6. The standard InChI is InChI=1S/C20H20F2N2O4/c1-24(12-18(25)23-17-9-7-16(22)8-10-17)19(26)13-28-20(27)11-4-14-2-5-15(21)6-3-14/h2-3,5-10H,4,11-13H2,1H3,(H,23,25). The summed E-state index contributed by atoms with van der Waals surface area (Å²) in [5.74, 6) is -2.36. The first-order chi connectivity index (χ1) is 13.3. The average Bonchev–Trinajstić information content (AvgIpc) is 2.67. The largest absolute Gasteiger partial charge is 0.456 e. The van der Waals surface area contributed by atoms with E-state index in [1.54, 1.807) is 12.1 Å². The van der Waals surface area contributed by atoms with Gasteiger partial charge in [0.05, 0.1) is 6.54 Å². The van der Waals surface area contributed by atoms with Crippen LogP contribution in [0.25, 0.3) is 0 Å². The Balaban J connectivity index is 1.69. The Morgan fingerprint density at radius 3 is 2.14 bits per heavy atom. The first kappa shape index (κ1) is 21.0. The smallest absolute Gasteiger partial charge is 0.306 e. The normalized spacial score (nSPS) is 10.2. The highest BCUT2D eigenvalue weighted by molar-refractivity contribution is 5.94. The molecule has 0 fully saturated rings. The molecular weight excluding hydrogens is 370 g/mol. The molecule has 0 spiro atoms. The second kappa shape index (κ2) is 10.1. The molecule has 0 saturated carbocycles. The minimum atomic E-state index is -0.568. The molecule has 2 aromatic carbocycles. The van der Waals surface area contributed by atoms with Gasteiger partial charge in [-0.2, -0.15) is 0 Å². The van der Waals surface area contributed by atoms with E-state index in [-0.39, 0.29) is 18.8 Å². The minimum absolute atomic E-state index is 0.0493. The molecule has 0 aromatic heterocycles. The molecule has 0 bridgehead atoms. The Morgan fingerprint density at radius 2 is 1.54 bits per heavy atom. The number of likely N-dealkylation sites (N-methyl/N-ethyl adjacent to an activating group) is 1. The van der Waals surface area contributed by atoms with Gasteiger partial charge in [-0.1, -0.05) is 12.1 Å². The van der Waals surface area contributed by atoms with Gasteiger partial charge in [-0.25, -0.2) is 8.78 Å². The lowest BCUT2D eigenvalue weighted by Crippen LogP contribution is -2.37. The molecule has 28 heavy (non-hydrogen) atoms. The summed E-state index contributed by atoms with van der Waals surface area (Å²) in [6.07, 6.45) is 0.414. The van der Waals surface area contributed by atoms with Crippen LogP contribution in [-0.2, 0) is 25.5 Å². The molecule has 0 radical (unpaired) electrons. The number of benzene rings is 2. The number of hydrogen-bond donors (Lipinski definition) is 1. The molecule has 0 aliphatic heterocycles. The van der Waals surface area contributed by atoms with Crippen molar-refractivity contribution in [2.75, 3.05) is 25.5 Å². The van der Waals surface area contributed by atoms with Crippen molar-refractivity contribution in [3.05, 3.63) is 65.7 Å². The molecule has 0 unspecified atom stereocenters. The summed E-state index contributed by atoms with van der Waals surface area (Å²) in [5, 5.41) is 2.53. The summed E-state index contributed by atoms with van der Waals surface area (Å²) in [6.45, 7) is -0.730. The lowest BCUT2D eigenvalue weighted by Gasteiger charge is -2.16. The van der Waals surface area contributed by atoms with Crippen LogP contribution in [0.15, 0.2) is 48.5 Å². The second-order valence-corrected chi connectivity index (χ2v) is 6.09. The first-order valence-corrected chi connectivity index (χ1v) is 8.53. The van der Waals surface area contributed by atoms with Crippen LogP contribution < -0.4 is 5.32 Å². The fraction of sp³-hybridized carbons (Fsp3) is 0.250. The quantitative estimate of drug-likeness (QED) is 0.703. The Kier molecular flexibility index (Phi) is 7.62. The summed E-state index contributed by atoms with van der Waals surface area (Å²) in [5.41, 5.74) is 1.18. The van der Waals surface area contributed by atoms with Crippen molar-refractivity contribution in [1.29, 1.82) is 0 Å². The van der Waals surface area contributed by atoms with Crippen LogP contribution in [0.5, 0.6) is 0 Å². The maximum Gasteiger partial charge on any atom is 0.306 e. The molecule has 8 heteroatoms. The number of nitrogens with one attached hydrogen (secondary N) is 1. The van der Waals surface area contributed by atoms with Gasteiger partial charge < -0.3 is 15.0 Å². The topological polar surface area (TPSA) is 75.7 Å². The van der Waals surface area contributed by atoms with Crippen LogP contribution in [0.1, 0.15) is 12.0 Å². The molecule has 2 aromatic rings. The lowest BCUT2D eigenvalue weighted by atomic mass is 10.1. The number of amides is 2. The summed E-state index contributed by atoms with van der Waals surface area (Å²) in [4.78, 5) is 36.7. The lowest BCUT2D eigenvalue weighted by molar-refractivity contribution is -0.151. The fourth-order valence-electron chi connectivity index (χ4n) is 2.26. The van der Waals surface area contributed by atoms with Gasteiger partial charge in [0, 0.05) is 19.2 Å². The zero-order chi connectivity index (χ0) is 20.5. The van der Waals surface area contributed by atoms with Crippen molar-refractivity contribution in [2.45, 2.75) is 12.8 Å². The first-order valence-electron chi connectivity index (χ1n) is 8.53. The van der Waals surface area contributed by atoms with E-state index >= 15 is 0 Å². The summed E-state index contributed by atoms with van der Waals surface area (Å²) >= 11 is 0. The number of halogens is 2. The Bertz CT molecular complexity index is 823. The van der Waals surface area contributed by atoms with E-state index in [9.17, 15) is 23.2 Å². The molecule has 1 N–H and O–H groups in total. The van der Waals surface area contributed by atoms with Crippen molar-refractivity contribution in [3.63, 3.8) is 0 Å². The number of rotatable bonds is 8. The molecule has 6 nitrogen and oxygen atoms in total. The van der Waals surface area contributed by atoms with Gasteiger partial charge in [-0.05, 0) is 48.4 Å². The van der Waals surface area contributed by atoms with Crippen LogP contribution in [-0.4, -0.2) is 42.9 Å². The van der Waals surface area contributed by atoms with Crippen LogP contribution in [0.4, 0.5) is 14.5 Å². The number of anilines is 1. The van der Waals surface area contributed by atoms with Gasteiger partial charge in [0.25, 0.3) is 5.91 Å². The zero-order valence-corrected chi connectivity index (χ0v) is 15.3. The van der Waals surface area contributed by atoms with E-state index in [1.807, 2.05) is 0 Å². The molecule has 0 aliphatic carbocycles. The Morgan fingerprint density at radius 1 is 0.964 bits per heavy atom. The third-order valence-electron chi connectivity index (χ3n) is 3.82. The highest BCUT2D eigenvalue weighted by atomic mass is 19.1. The van der Waals surface area contributed by atoms with E-state index in [0.29, 0.717) is 12.1 Å². The molecule has 2 rings (SSSR count). The zero-order valence-electron chi connectivity index (χ0n) is 15.3. The fourth-order valence-corrected chi connectivity index (χ4v) is 2.26. The van der Waals surface area contributed by atoms with E-state index in [4.69, 9.17) is 4.74 Å². The minimum Gasteiger partial charge on any atom is -0.456 e. The number of ether oxygens (including phenoxy) is 1. The van der Waals surface area contributed by atoms with Crippen LogP contribution in [0.3, 0.4) is 0 Å². The second-order valence-electron chi connectivity index (χ2n) is 6.09. The predicted molar refractivity (Wildman–Crippen MR) is 98.3 cm³/mol. The van der Waals surface area contributed by atoms with Gasteiger partial charge in [0.15, 0.2) is 6.61 Å². The van der Waals surface area contributed by atoms with Crippen molar-refractivity contribution in [3.8, 4) is 0 Å². The third-order valence-corrected chi connectivity index (χ3v) is 3.82. The Hall–Kier alpha value is -3.29. The molecular formula is C20H20F2N2O4. The number of aryl methyl sites for hydroxylation is 1. The maximum atomic E-state index is 12.8. The highest BCUT2D eigenvalue weighted by Gasteiger charge is 2.15. The molecule has 0 saturated heterocycles. The summed E-state index contributed by atoms with van der Waals surface area (Å²) in [7, 11) is 1.40. The van der Waals surface area contributed by atoms with Gasteiger partial charge in [-0.15, -0.1) is 0 Å². The van der Waals surface area contributed by atoms with Gasteiger partial charge in [0.2, 0.25) is 5.91 Å². The van der Waals surface area contributed by atoms with Crippen molar-refractivity contribution < 1.29 is 27.9 Å². The highest BCUT2D eigenvalue weighted by Crippen LogP contribution is 2.08. The monoisotopic (exact) mass is 390 g/mol. The average molecular weight is 390 g/mol. The van der Waals surface area contributed by atoms with E-state index in [0.717, 1.165) is 10.5 Å². The van der Waals surface area contributed by atoms with Crippen molar-refractivity contribution >= 4 is 23.5 Å². The van der Waals surface area contributed by atoms with Gasteiger partial charge >= 0.3 is 5.97 Å². The van der Waals surface area contributed by atoms with E-state index < -0.39 is 30.2 Å². The SMILES string of the molecule is CN(CC(=O)Nc1ccc(F)cc1)C(=O)COC(=O)CCc1ccc(F)cc1. The number of hydrogen-bond acceptors (Lipinski definition) is 4. The molecule has 0 atom stereocenters. The van der Waals surface area contributed by atoms with Crippen LogP contribution >= 0.6 is 0 Å². The maximum absolute atomic E-state index is 12.8. The van der Waals surface area contributed by atoms with Gasteiger partial charge in [-0.3, -0.25) is 14.4 Å². The Labute approximate surface area is 161 Å². The predicted octanol–water partition coefficient (Wildman–Crippen LogP) is 2.54. The van der Waals surface area contributed by atoms with Crippen LogP contribution in [0, 0.1) is 11.6 Å². The van der Waals surface area contributed by atoms with Gasteiger partial charge in [0.1, 0.15) is 11.6 Å². The van der Waals surface area contributed by atoms with E-state index in [2.05, 4.69) is 5.32 Å². The third kappa shape index (κ3) is 7.14. The van der Waals surface area contributed by atoms with Crippen molar-refractivity contribution in [1.82, 2.24) is 4.90 Å². The molecule has 2 amide bonds. The number of nitrogens with zero attached hydrogens (tertiary/aromatic N) is 1. The summed E-state index contributed by atoms with van der Waals surface area (Å²) in [6, 6.07) is 11.0. The number of esters is 1. The number of carbonyl (C=O) groups excluding carboxylic acids is 3. The molecule has 0 aliphatic rings. The molecule has 148 valence electrons. The van der Waals surface area contributed by atoms with Crippen molar-refractivity contribution in [2.24, 2.45) is 0 Å². The van der Waals surface area contributed by atoms with Crippen LogP contribution in [0.2, 0.25) is 0 Å². The number of carbonyl (C=O) groups is 3. The molecule has 0 heterocycles.